The first kappa shape index (κ1) is 13.2. The highest BCUT2D eigenvalue weighted by molar-refractivity contribution is 5.20. The van der Waals surface area contributed by atoms with Gasteiger partial charge in [-0.25, -0.2) is 0 Å². The maximum atomic E-state index is 5.80. The van der Waals surface area contributed by atoms with Crippen molar-refractivity contribution in [3.05, 3.63) is 35.9 Å². The Labute approximate surface area is 99.0 Å². The van der Waals surface area contributed by atoms with Crippen molar-refractivity contribution < 1.29 is 4.74 Å². The fraction of sp³-hybridized carbons (Fsp3) is 0.571. The predicted octanol–water partition coefficient (Wildman–Crippen LogP) is 3.15. The zero-order chi connectivity index (χ0) is 11.8. The smallest absolute Gasteiger partial charge is 0.0766 e. The second-order valence-electron chi connectivity index (χ2n) is 3.85. The van der Waals surface area contributed by atoms with Crippen LogP contribution in [-0.2, 0) is 4.74 Å². The summed E-state index contributed by atoms with van der Waals surface area (Å²) in [5.41, 5.74) is 1.31. The van der Waals surface area contributed by atoms with Gasteiger partial charge in [0.05, 0.1) is 12.1 Å². The molecule has 1 N–H and O–H groups in total. The van der Waals surface area contributed by atoms with Crippen molar-refractivity contribution >= 4 is 0 Å². The molecule has 16 heavy (non-hydrogen) atoms. The van der Waals surface area contributed by atoms with Crippen LogP contribution in [0.3, 0.4) is 0 Å². The van der Waals surface area contributed by atoms with Gasteiger partial charge in [0.15, 0.2) is 0 Å². The first-order chi connectivity index (χ1) is 7.83. The van der Waals surface area contributed by atoms with E-state index < -0.39 is 0 Å². The monoisotopic (exact) mass is 221 g/mol. The Morgan fingerprint density at radius 2 is 1.81 bits per heavy atom. The van der Waals surface area contributed by atoms with E-state index in [0.29, 0.717) is 6.04 Å². The molecule has 90 valence electrons. The topological polar surface area (TPSA) is 21.3 Å². The van der Waals surface area contributed by atoms with Crippen LogP contribution < -0.4 is 5.32 Å². The zero-order valence-corrected chi connectivity index (χ0v) is 10.6. The summed E-state index contributed by atoms with van der Waals surface area (Å²) >= 11 is 0. The van der Waals surface area contributed by atoms with Crippen molar-refractivity contribution in [2.24, 2.45) is 0 Å². The third-order valence-electron chi connectivity index (χ3n) is 2.74. The van der Waals surface area contributed by atoms with Crippen LogP contribution in [0.2, 0.25) is 0 Å². The van der Waals surface area contributed by atoms with E-state index in [4.69, 9.17) is 4.74 Å². The molecular weight excluding hydrogens is 198 g/mol. The minimum atomic E-state index is 0.257. The summed E-state index contributed by atoms with van der Waals surface area (Å²) in [7, 11) is 0. The minimum absolute atomic E-state index is 0.257. The average Bonchev–Trinajstić information content (AvgIpc) is 2.35. The molecule has 0 saturated carbocycles. The van der Waals surface area contributed by atoms with Crippen LogP contribution >= 0.6 is 0 Å². The predicted molar refractivity (Wildman–Crippen MR) is 68.6 cm³/mol. The summed E-state index contributed by atoms with van der Waals surface area (Å²) < 4.78 is 5.80. The van der Waals surface area contributed by atoms with Gasteiger partial charge in [-0.05, 0) is 25.5 Å². The molecular formula is C14H23NO. The number of benzene rings is 1. The van der Waals surface area contributed by atoms with Gasteiger partial charge in [-0.15, -0.1) is 0 Å². The lowest BCUT2D eigenvalue weighted by Crippen LogP contribution is -2.33. The Balaban J connectivity index is 2.80. The molecule has 0 aliphatic heterocycles. The number of nitrogens with one attached hydrogen (secondary N) is 1. The third-order valence-corrected chi connectivity index (χ3v) is 2.74. The summed E-state index contributed by atoms with van der Waals surface area (Å²) in [5.74, 6) is 0. The van der Waals surface area contributed by atoms with Gasteiger partial charge in [-0.3, -0.25) is 0 Å². The lowest BCUT2D eigenvalue weighted by atomic mass is 9.99. The van der Waals surface area contributed by atoms with Gasteiger partial charge in [-0.2, -0.15) is 0 Å². The summed E-state index contributed by atoms with van der Waals surface area (Å²) in [6.45, 7) is 8.09. The molecule has 2 unspecified atom stereocenters. The average molecular weight is 221 g/mol. The van der Waals surface area contributed by atoms with E-state index in [1.807, 2.05) is 6.07 Å². The molecule has 1 aromatic rings. The van der Waals surface area contributed by atoms with Gasteiger partial charge in [0.1, 0.15) is 0 Å². The number of likely N-dealkylation sites (N-methyl/N-ethyl adjacent to an activating group) is 1. The standard InChI is InChI=1S/C14H23NO/c1-4-13(16-6-3)14(15-5-2)12-10-8-7-9-11-12/h7-11,13-15H,4-6H2,1-3H3. The van der Waals surface area contributed by atoms with E-state index in [-0.39, 0.29) is 6.10 Å². The molecule has 0 amide bonds. The van der Waals surface area contributed by atoms with Crippen molar-refractivity contribution in [3.8, 4) is 0 Å². The van der Waals surface area contributed by atoms with E-state index >= 15 is 0 Å². The third kappa shape index (κ3) is 3.62. The second-order valence-corrected chi connectivity index (χ2v) is 3.85. The van der Waals surface area contributed by atoms with Crippen LogP contribution in [0.15, 0.2) is 30.3 Å². The highest BCUT2D eigenvalue weighted by Crippen LogP contribution is 2.21. The molecule has 2 nitrogen and oxygen atoms in total. The highest BCUT2D eigenvalue weighted by atomic mass is 16.5. The molecule has 2 heteroatoms. The van der Waals surface area contributed by atoms with Crippen molar-refractivity contribution in [3.63, 3.8) is 0 Å². The van der Waals surface area contributed by atoms with E-state index in [9.17, 15) is 0 Å². The van der Waals surface area contributed by atoms with Crippen molar-refractivity contribution in [1.82, 2.24) is 5.32 Å². The van der Waals surface area contributed by atoms with Crippen LogP contribution in [0, 0.1) is 0 Å². The molecule has 2 atom stereocenters. The largest absolute Gasteiger partial charge is 0.377 e. The first-order valence-electron chi connectivity index (χ1n) is 6.23. The fourth-order valence-electron chi connectivity index (χ4n) is 2.01. The van der Waals surface area contributed by atoms with Gasteiger partial charge in [0.2, 0.25) is 0 Å². The Kier molecular flexibility index (Phi) is 6.12. The number of ether oxygens (including phenoxy) is 1. The molecule has 0 aromatic heterocycles. The van der Waals surface area contributed by atoms with Gasteiger partial charge in [0, 0.05) is 6.61 Å². The van der Waals surface area contributed by atoms with Crippen LogP contribution in [-0.4, -0.2) is 19.3 Å². The zero-order valence-electron chi connectivity index (χ0n) is 10.6. The molecule has 0 spiro atoms. The van der Waals surface area contributed by atoms with E-state index in [1.54, 1.807) is 0 Å². The minimum Gasteiger partial charge on any atom is -0.377 e. The Morgan fingerprint density at radius 3 is 2.31 bits per heavy atom. The van der Waals surface area contributed by atoms with Gasteiger partial charge >= 0.3 is 0 Å². The van der Waals surface area contributed by atoms with E-state index in [1.165, 1.54) is 5.56 Å². The summed E-state index contributed by atoms with van der Waals surface area (Å²) in [6.07, 6.45) is 1.28. The van der Waals surface area contributed by atoms with E-state index in [2.05, 4.69) is 50.4 Å². The Bertz CT molecular complexity index is 273. The molecule has 0 radical (unpaired) electrons. The van der Waals surface area contributed by atoms with Crippen molar-refractivity contribution in [2.75, 3.05) is 13.2 Å². The van der Waals surface area contributed by atoms with E-state index in [0.717, 1.165) is 19.6 Å². The number of hydrogen-bond acceptors (Lipinski definition) is 2. The molecule has 0 aliphatic carbocycles. The summed E-state index contributed by atoms with van der Waals surface area (Å²) in [6, 6.07) is 10.8. The number of hydrogen-bond donors (Lipinski definition) is 1. The van der Waals surface area contributed by atoms with Gasteiger partial charge in [0.25, 0.3) is 0 Å². The molecule has 0 aliphatic rings. The molecule has 0 fully saturated rings. The van der Waals surface area contributed by atoms with Crippen LogP contribution in [0.5, 0.6) is 0 Å². The maximum Gasteiger partial charge on any atom is 0.0766 e. The van der Waals surface area contributed by atoms with Crippen LogP contribution in [0.4, 0.5) is 0 Å². The Hall–Kier alpha value is -0.860. The summed E-state index contributed by atoms with van der Waals surface area (Å²) in [4.78, 5) is 0. The lowest BCUT2D eigenvalue weighted by molar-refractivity contribution is 0.0318. The molecule has 0 saturated heterocycles. The SMILES string of the molecule is CCNC(c1ccccc1)C(CC)OCC. The Morgan fingerprint density at radius 1 is 1.12 bits per heavy atom. The van der Waals surface area contributed by atoms with Crippen molar-refractivity contribution in [1.29, 1.82) is 0 Å². The molecule has 1 aromatic carbocycles. The van der Waals surface area contributed by atoms with Crippen molar-refractivity contribution in [2.45, 2.75) is 39.3 Å². The molecule has 0 heterocycles. The highest BCUT2D eigenvalue weighted by Gasteiger charge is 2.20. The van der Waals surface area contributed by atoms with Crippen LogP contribution in [0.25, 0.3) is 0 Å². The van der Waals surface area contributed by atoms with Crippen LogP contribution in [0.1, 0.15) is 38.8 Å². The maximum absolute atomic E-state index is 5.80. The quantitative estimate of drug-likeness (QED) is 0.763. The molecule has 1 rings (SSSR count). The normalized spacial score (nSPS) is 14.7. The molecule has 0 bridgehead atoms. The first-order valence-corrected chi connectivity index (χ1v) is 6.23. The fourth-order valence-corrected chi connectivity index (χ4v) is 2.01. The number of rotatable bonds is 7. The second kappa shape index (κ2) is 7.42. The van der Waals surface area contributed by atoms with Gasteiger partial charge in [-0.1, -0.05) is 44.2 Å². The lowest BCUT2D eigenvalue weighted by Gasteiger charge is -2.27. The van der Waals surface area contributed by atoms with Gasteiger partial charge < -0.3 is 10.1 Å². The summed E-state index contributed by atoms with van der Waals surface area (Å²) in [5, 5.41) is 3.51.